The summed E-state index contributed by atoms with van der Waals surface area (Å²) < 4.78 is 5.54. The second kappa shape index (κ2) is 7.27. The molecule has 0 aromatic heterocycles. The molecule has 0 aliphatic carbocycles. The van der Waals surface area contributed by atoms with Crippen molar-refractivity contribution in [2.45, 2.75) is 44.6 Å². The van der Waals surface area contributed by atoms with Gasteiger partial charge in [0.2, 0.25) is 0 Å². The predicted octanol–water partition coefficient (Wildman–Crippen LogP) is 4.01. The fourth-order valence-corrected chi connectivity index (χ4v) is 1.93. The number of alkyl halides is 1. The number of hydrogen-bond acceptors (Lipinski definition) is 2. The number of carbonyl (C=O) groups is 1. The van der Waals surface area contributed by atoms with E-state index in [0.717, 1.165) is 11.3 Å². The van der Waals surface area contributed by atoms with E-state index in [-0.39, 0.29) is 17.9 Å². The Balaban J connectivity index is 2.48. The lowest BCUT2D eigenvalue weighted by molar-refractivity contribution is -0.137. The number of benzene rings is 1. The molecule has 1 aromatic carbocycles. The number of ether oxygens (including phenoxy) is 1. The van der Waals surface area contributed by atoms with Gasteiger partial charge in [-0.2, -0.15) is 0 Å². The lowest BCUT2D eigenvalue weighted by Gasteiger charge is -2.12. The van der Waals surface area contributed by atoms with Gasteiger partial charge in [0.1, 0.15) is 5.75 Å². The van der Waals surface area contributed by atoms with E-state index in [0.29, 0.717) is 12.8 Å². The SMILES string of the molecule is CC(C)Oc1ccc(C(Cl)CCCC(=O)O)cc1. The van der Waals surface area contributed by atoms with Crippen LogP contribution >= 0.6 is 11.6 Å². The van der Waals surface area contributed by atoms with Gasteiger partial charge in [0.25, 0.3) is 0 Å². The molecule has 0 radical (unpaired) electrons. The van der Waals surface area contributed by atoms with E-state index in [9.17, 15) is 4.79 Å². The Hall–Kier alpha value is -1.22. The van der Waals surface area contributed by atoms with E-state index in [1.165, 1.54) is 0 Å². The molecule has 1 unspecified atom stereocenters. The van der Waals surface area contributed by atoms with Gasteiger partial charge in [0, 0.05) is 6.42 Å². The van der Waals surface area contributed by atoms with Gasteiger partial charge in [0.15, 0.2) is 0 Å². The molecule has 4 heteroatoms. The highest BCUT2D eigenvalue weighted by molar-refractivity contribution is 6.20. The summed E-state index contributed by atoms with van der Waals surface area (Å²) in [6.07, 6.45) is 1.57. The first-order chi connectivity index (χ1) is 8.49. The molecule has 0 amide bonds. The second-order valence-electron chi connectivity index (χ2n) is 4.49. The zero-order valence-corrected chi connectivity index (χ0v) is 11.5. The van der Waals surface area contributed by atoms with Crippen LogP contribution in [0.5, 0.6) is 5.75 Å². The van der Waals surface area contributed by atoms with Gasteiger partial charge in [-0.05, 0) is 44.4 Å². The fourth-order valence-electron chi connectivity index (χ4n) is 1.63. The molecule has 0 aliphatic rings. The Morgan fingerprint density at radius 3 is 2.44 bits per heavy atom. The highest BCUT2D eigenvalue weighted by Gasteiger charge is 2.09. The van der Waals surface area contributed by atoms with E-state index < -0.39 is 5.97 Å². The molecule has 0 fully saturated rings. The Labute approximate surface area is 113 Å². The molecule has 1 aromatic rings. The summed E-state index contributed by atoms with van der Waals surface area (Å²) in [4.78, 5) is 10.4. The number of carboxylic acids is 1. The summed E-state index contributed by atoms with van der Waals surface area (Å²) in [5, 5.41) is 8.42. The van der Waals surface area contributed by atoms with Crippen molar-refractivity contribution in [3.05, 3.63) is 29.8 Å². The zero-order valence-electron chi connectivity index (χ0n) is 10.7. The molecule has 1 N–H and O–H groups in total. The van der Waals surface area contributed by atoms with Crippen molar-refractivity contribution < 1.29 is 14.6 Å². The van der Waals surface area contributed by atoms with Gasteiger partial charge in [0.05, 0.1) is 11.5 Å². The lowest BCUT2D eigenvalue weighted by atomic mass is 10.1. The summed E-state index contributed by atoms with van der Waals surface area (Å²) in [5.74, 6) is 0.0442. The minimum absolute atomic E-state index is 0.141. The Morgan fingerprint density at radius 1 is 1.33 bits per heavy atom. The van der Waals surface area contributed by atoms with E-state index in [1.807, 2.05) is 38.1 Å². The lowest BCUT2D eigenvalue weighted by Crippen LogP contribution is -2.05. The average Bonchev–Trinajstić information content (AvgIpc) is 2.28. The van der Waals surface area contributed by atoms with Crippen LogP contribution in [0, 0.1) is 0 Å². The van der Waals surface area contributed by atoms with Crippen LogP contribution in [0.25, 0.3) is 0 Å². The van der Waals surface area contributed by atoms with E-state index >= 15 is 0 Å². The van der Waals surface area contributed by atoms with Crippen LogP contribution < -0.4 is 4.74 Å². The third-order valence-electron chi connectivity index (χ3n) is 2.46. The molecule has 0 bridgehead atoms. The predicted molar refractivity (Wildman–Crippen MR) is 72.3 cm³/mol. The first-order valence-electron chi connectivity index (χ1n) is 6.11. The molecule has 1 atom stereocenters. The summed E-state index contributed by atoms with van der Waals surface area (Å²) >= 11 is 6.21. The van der Waals surface area contributed by atoms with Crippen molar-refractivity contribution in [1.82, 2.24) is 0 Å². The molecule has 0 saturated carbocycles. The maximum Gasteiger partial charge on any atom is 0.303 e. The fraction of sp³-hybridized carbons (Fsp3) is 0.500. The topological polar surface area (TPSA) is 46.5 Å². The summed E-state index contributed by atoms with van der Waals surface area (Å²) in [5.41, 5.74) is 0.998. The molecule has 0 spiro atoms. The van der Waals surface area contributed by atoms with Crippen LogP contribution in [0.4, 0.5) is 0 Å². The van der Waals surface area contributed by atoms with Gasteiger partial charge < -0.3 is 9.84 Å². The van der Waals surface area contributed by atoms with Crippen molar-refractivity contribution in [2.24, 2.45) is 0 Å². The van der Waals surface area contributed by atoms with Crippen LogP contribution in [0.3, 0.4) is 0 Å². The maximum absolute atomic E-state index is 10.4. The average molecular weight is 271 g/mol. The number of hydrogen-bond donors (Lipinski definition) is 1. The smallest absolute Gasteiger partial charge is 0.303 e. The standard InChI is InChI=1S/C14H19ClO3/c1-10(2)18-12-8-6-11(7-9-12)13(15)4-3-5-14(16)17/h6-10,13H,3-5H2,1-2H3,(H,16,17). The van der Waals surface area contributed by atoms with Crippen LogP contribution in [-0.2, 0) is 4.79 Å². The zero-order chi connectivity index (χ0) is 13.5. The van der Waals surface area contributed by atoms with Gasteiger partial charge in [-0.1, -0.05) is 12.1 Å². The van der Waals surface area contributed by atoms with Crippen LogP contribution in [0.1, 0.15) is 44.1 Å². The van der Waals surface area contributed by atoms with Crippen LogP contribution in [0.2, 0.25) is 0 Å². The largest absolute Gasteiger partial charge is 0.491 e. The maximum atomic E-state index is 10.4. The third-order valence-corrected chi connectivity index (χ3v) is 2.93. The van der Waals surface area contributed by atoms with Crippen molar-refractivity contribution >= 4 is 17.6 Å². The second-order valence-corrected chi connectivity index (χ2v) is 5.02. The normalized spacial score (nSPS) is 12.4. The number of aliphatic carboxylic acids is 1. The van der Waals surface area contributed by atoms with E-state index in [2.05, 4.69) is 0 Å². The third kappa shape index (κ3) is 5.41. The van der Waals surface area contributed by atoms with Gasteiger partial charge in [-0.3, -0.25) is 4.79 Å². The molecule has 0 heterocycles. The highest BCUT2D eigenvalue weighted by atomic mass is 35.5. The quantitative estimate of drug-likeness (QED) is 0.762. The van der Waals surface area contributed by atoms with Crippen LogP contribution in [0.15, 0.2) is 24.3 Å². The van der Waals surface area contributed by atoms with Crippen molar-refractivity contribution in [3.63, 3.8) is 0 Å². The molecule has 0 aliphatic heterocycles. The van der Waals surface area contributed by atoms with E-state index in [4.69, 9.17) is 21.4 Å². The first-order valence-corrected chi connectivity index (χ1v) is 6.55. The Bertz CT molecular complexity index is 373. The van der Waals surface area contributed by atoms with Gasteiger partial charge >= 0.3 is 5.97 Å². The molecule has 3 nitrogen and oxygen atoms in total. The Morgan fingerprint density at radius 2 is 1.94 bits per heavy atom. The molecule has 1 rings (SSSR count). The van der Waals surface area contributed by atoms with Gasteiger partial charge in [-0.15, -0.1) is 11.6 Å². The summed E-state index contributed by atoms with van der Waals surface area (Å²) in [7, 11) is 0. The molecular weight excluding hydrogens is 252 g/mol. The summed E-state index contributed by atoms with van der Waals surface area (Å²) in [6, 6.07) is 7.64. The first kappa shape index (κ1) is 14.8. The number of rotatable bonds is 7. The van der Waals surface area contributed by atoms with Crippen molar-refractivity contribution in [2.75, 3.05) is 0 Å². The highest BCUT2D eigenvalue weighted by Crippen LogP contribution is 2.27. The number of halogens is 1. The molecule has 18 heavy (non-hydrogen) atoms. The number of carboxylic acid groups (broad SMARTS) is 1. The molecular formula is C14H19ClO3. The molecule has 100 valence electrons. The summed E-state index contributed by atoms with van der Waals surface area (Å²) in [6.45, 7) is 3.95. The Kier molecular flexibility index (Phi) is 5.99. The monoisotopic (exact) mass is 270 g/mol. The minimum Gasteiger partial charge on any atom is -0.491 e. The van der Waals surface area contributed by atoms with Gasteiger partial charge in [-0.25, -0.2) is 0 Å². The van der Waals surface area contributed by atoms with Crippen molar-refractivity contribution in [1.29, 1.82) is 0 Å². The molecule has 0 saturated heterocycles. The van der Waals surface area contributed by atoms with Crippen LogP contribution in [-0.4, -0.2) is 17.2 Å². The van der Waals surface area contributed by atoms with E-state index in [1.54, 1.807) is 0 Å². The van der Waals surface area contributed by atoms with Crippen molar-refractivity contribution in [3.8, 4) is 5.75 Å². The minimum atomic E-state index is -0.778.